The molecule has 1 saturated heterocycles. The summed E-state index contributed by atoms with van der Waals surface area (Å²) in [6.07, 6.45) is 9.44. The SMILES string of the molecule is OC1CCN(CCCCCn2cccn2)CC1. The summed E-state index contributed by atoms with van der Waals surface area (Å²) < 4.78 is 2.00. The molecule has 0 amide bonds. The van der Waals surface area contributed by atoms with Gasteiger partial charge in [-0.15, -0.1) is 0 Å². The van der Waals surface area contributed by atoms with Crippen LogP contribution in [0.4, 0.5) is 0 Å². The average Bonchev–Trinajstić information content (AvgIpc) is 2.84. The number of hydrogen-bond acceptors (Lipinski definition) is 3. The molecule has 0 aliphatic carbocycles. The number of aliphatic hydroxyl groups excluding tert-OH is 1. The van der Waals surface area contributed by atoms with Crippen LogP contribution in [0.2, 0.25) is 0 Å². The zero-order valence-electron chi connectivity index (χ0n) is 10.5. The molecule has 0 saturated carbocycles. The van der Waals surface area contributed by atoms with Crippen LogP contribution in [0.15, 0.2) is 18.5 Å². The highest BCUT2D eigenvalue weighted by Gasteiger charge is 2.15. The van der Waals surface area contributed by atoms with Crippen LogP contribution in [0.5, 0.6) is 0 Å². The van der Waals surface area contributed by atoms with E-state index in [0.29, 0.717) is 0 Å². The highest BCUT2D eigenvalue weighted by molar-refractivity contribution is 4.77. The normalized spacial score (nSPS) is 18.6. The minimum Gasteiger partial charge on any atom is -0.393 e. The number of likely N-dealkylation sites (tertiary alicyclic amines) is 1. The molecule has 0 radical (unpaired) electrons. The maximum absolute atomic E-state index is 9.41. The smallest absolute Gasteiger partial charge is 0.0564 e. The molecule has 1 aromatic rings. The van der Waals surface area contributed by atoms with Crippen LogP contribution < -0.4 is 0 Å². The van der Waals surface area contributed by atoms with Crippen molar-refractivity contribution in [3.8, 4) is 0 Å². The zero-order valence-corrected chi connectivity index (χ0v) is 10.5. The van der Waals surface area contributed by atoms with Gasteiger partial charge in [-0.2, -0.15) is 5.10 Å². The van der Waals surface area contributed by atoms with Gasteiger partial charge in [0, 0.05) is 32.0 Å². The molecule has 4 nitrogen and oxygen atoms in total. The summed E-state index contributed by atoms with van der Waals surface area (Å²) >= 11 is 0. The number of aliphatic hydroxyl groups is 1. The van der Waals surface area contributed by atoms with Crippen molar-refractivity contribution in [2.24, 2.45) is 0 Å². The van der Waals surface area contributed by atoms with Gasteiger partial charge < -0.3 is 10.0 Å². The van der Waals surface area contributed by atoms with Gasteiger partial charge in [-0.1, -0.05) is 6.42 Å². The van der Waals surface area contributed by atoms with Crippen LogP contribution in [-0.4, -0.2) is 45.5 Å². The summed E-state index contributed by atoms with van der Waals surface area (Å²) in [4.78, 5) is 2.47. The lowest BCUT2D eigenvalue weighted by Gasteiger charge is -2.29. The maximum atomic E-state index is 9.41. The predicted octanol–water partition coefficient (Wildman–Crippen LogP) is 1.51. The van der Waals surface area contributed by atoms with E-state index in [9.17, 15) is 5.11 Å². The van der Waals surface area contributed by atoms with Gasteiger partial charge in [-0.05, 0) is 38.3 Å². The molecular formula is C13H23N3O. The Kier molecular flexibility index (Phi) is 5.01. The van der Waals surface area contributed by atoms with Crippen LogP contribution in [0, 0.1) is 0 Å². The summed E-state index contributed by atoms with van der Waals surface area (Å²) in [5.41, 5.74) is 0. The fourth-order valence-electron chi connectivity index (χ4n) is 2.36. The summed E-state index contributed by atoms with van der Waals surface area (Å²) in [7, 11) is 0. The van der Waals surface area contributed by atoms with Crippen molar-refractivity contribution < 1.29 is 5.11 Å². The van der Waals surface area contributed by atoms with E-state index in [-0.39, 0.29) is 6.10 Å². The molecule has 96 valence electrons. The molecule has 2 rings (SSSR count). The highest BCUT2D eigenvalue weighted by atomic mass is 16.3. The minimum atomic E-state index is -0.0499. The second kappa shape index (κ2) is 6.77. The summed E-state index contributed by atoms with van der Waals surface area (Å²) in [6, 6.07) is 1.97. The lowest BCUT2D eigenvalue weighted by molar-refractivity contribution is 0.0817. The summed E-state index contributed by atoms with van der Waals surface area (Å²) in [5.74, 6) is 0. The van der Waals surface area contributed by atoms with Crippen molar-refractivity contribution in [2.45, 2.75) is 44.8 Å². The van der Waals surface area contributed by atoms with Crippen molar-refractivity contribution in [1.29, 1.82) is 0 Å². The summed E-state index contributed by atoms with van der Waals surface area (Å²) in [5, 5.41) is 13.6. The van der Waals surface area contributed by atoms with Gasteiger partial charge in [-0.25, -0.2) is 0 Å². The van der Waals surface area contributed by atoms with Gasteiger partial charge in [0.25, 0.3) is 0 Å². The zero-order chi connectivity index (χ0) is 11.9. The number of piperidine rings is 1. The van der Waals surface area contributed by atoms with E-state index in [4.69, 9.17) is 0 Å². The van der Waals surface area contributed by atoms with Crippen LogP contribution in [-0.2, 0) is 6.54 Å². The Morgan fingerprint density at radius 3 is 2.59 bits per heavy atom. The third kappa shape index (κ3) is 4.48. The van der Waals surface area contributed by atoms with Gasteiger partial charge in [0.1, 0.15) is 0 Å². The monoisotopic (exact) mass is 237 g/mol. The molecule has 4 heteroatoms. The standard InChI is InChI=1S/C13H23N3O/c17-13-5-11-15(12-6-13)8-2-1-3-9-16-10-4-7-14-16/h4,7,10,13,17H,1-3,5-6,8-9,11-12H2. The van der Waals surface area contributed by atoms with Gasteiger partial charge in [-0.3, -0.25) is 4.68 Å². The number of unbranched alkanes of at least 4 members (excludes halogenated alkanes) is 2. The Morgan fingerprint density at radius 2 is 1.88 bits per heavy atom. The molecule has 1 aliphatic rings. The molecule has 1 fully saturated rings. The molecule has 1 aromatic heterocycles. The molecule has 0 unspecified atom stereocenters. The van der Waals surface area contributed by atoms with Gasteiger partial charge in [0.05, 0.1) is 6.10 Å². The first-order valence-electron chi connectivity index (χ1n) is 6.72. The molecule has 1 N–H and O–H groups in total. The van der Waals surface area contributed by atoms with Gasteiger partial charge >= 0.3 is 0 Å². The molecule has 0 aromatic carbocycles. The maximum Gasteiger partial charge on any atom is 0.0564 e. The van der Waals surface area contributed by atoms with Crippen molar-refractivity contribution in [1.82, 2.24) is 14.7 Å². The van der Waals surface area contributed by atoms with Crippen molar-refractivity contribution >= 4 is 0 Å². The van der Waals surface area contributed by atoms with E-state index in [0.717, 1.165) is 32.5 Å². The fourth-order valence-corrected chi connectivity index (χ4v) is 2.36. The Labute approximate surface area is 103 Å². The number of aryl methyl sites for hydroxylation is 1. The predicted molar refractivity (Wildman–Crippen MR) is 67.8 cm³/mol. The van der Waals surface area contributed by atoms with E-state index >= 15 is 0 Å². The Morgan fingerprint density at radius 1 is 1.12 bits per heavy atom. The fraction of sp³-hybridized carbons (Fsp3) is 0.769. The van der Waals surface area contributed by atoms with Crippen molar-refractivity contribution in [2.75, 3.05) is 19.6 Å². The average molecular weight is 237 g/mol. The van der Waals surface area contributed by atoms with Crippen LogP contribution >= 0.6 is 0 Å². The molecule has 0 atom stereocenters. The first-order chi connectivity index (χ1) is 8.34. The van der Waals surface area contributed by atoms with Gasteiger partial charge in [0.2, 0.25) is 0 Å². The second-order valence-electron chi connectivity index (χ2n) is 4.90. The Hall–Kier alpha value is -0.870. The number of rotatable bonds is 6. The lowest BCUT2D eigenvalue weighted by Crippen LogP contribution is -2.36. The highest BCUT2D eigenvalue weighted by Crippen LogP contribution is 2.11. The minimum absolute atomic E-state index is 0.0499. The van der Waals surface area contributed by atoms with E-state index in [1.54, 1.807) is 0 Å². The van der Waals surface area contributed by atoms with Gasteiger partial charge in [0.15, 0.2) is 0 Å². The van der Waals surface area contributed by atoms with Crippen LogP contribution in [0.3, 0.4) is 0 Å². The van der Waals surface area contributed by atoms with E-state index < -0.39 is 0 Å². The first-order valence-corrected chi connectivity index (χ1v) is 6.72. The molecule has 0 bridgehead atoms. The second-order valence-corrected chi connectivity index (χ2v) is 4.90. The van der Waals surface area contributed by atoms with Crippen molar-refractivity contribution in [3.05, 3.63) is 18.5 Å². The topological polar surface area (TPSA) is 41.3 Å². The molecular weight excluding hydrogens is 214 g/mol. The third-order valence-electron chi connectivity index (χ3n) is 3.48. The van der Waals surface area contributed by atoms with Crippen LogP contribution in [0.1, 0.15) is 32.1 Å². The number of hydrogen-bond donors (Lipinski definition) is 1. The molecule has 0 spiro atoms. The molecule has 17 heavy (non-hydrogen) atoms. The molecule has 2 heterocycles. The lowest BCUT2D eigenvalue weighted by atomic mass is 10.1. The van der Waals surface area contributed by atoms with E-state index in [1.165, 1.54) is 25.8 Å². The third-order valence-corrected chi connectivity index (χ3v) is 3.48. The van der Waals surface area contributed by atoms with Crippen LogP contribution in [0.25, 0.3) is 0 Å². The van der Waals surface area contributed by atoms with E-state index in [1.807, 2.05) is 23.1 Å². The Bertz CT molecular complexity index is 292. The van der Waals surface area contributed by atoms with E-state index in [2.05, 4.69) is 10.00 Å². The molecule has 1 aliphatic heterocycles. The summed E-state index contributed by atoms with van der Waals surface area (Å²) in [6.45, 7) is 4.36. The quantitative estimate of drug-likeness (QED) is 0.763. The Balaban J connectivity index is 1.49. The van der Waals surface area contributed by atoms with Crippen molar-refractivity contribution in [3.63, 3.8) is 0 Å². The largest absolute Gasteiger partial charge is 0.393 e. The number of aromatic nitrogens is 2. The number of nitrogens with zero attached hydrogens (tertiary/aromatic N) is 3. The first kappa shape index (κ1) is 12.6.